The van der Waals surface area contributed by atoms with E-state index >= 15 is 0 Å². The van der Waals surface area contributed by atoms with Crippen LogP contribution < -0.4 is 16.0 Å². The molecular formula is C15H18N4OS. The predicted molar refractivity (Wildman–Crippen MR) is 83.7 cm³/mol. The number of hydrogen-bond donors (Lipinski definition) is 2. The number of nitrogens with two attached hydrogens (primary N) is 1. The number of hydrazine groups is 1. The van der Waals surface area contributed by atoms with Crippen molar-refractivity contribution in [2.45, 2.75) is 35.6 Å². The highest BCUT2D eigenvalue weighted by Crippen LogP contribution is 2.41. The van der Waals surface area contributed by atoms with Gasteiger partial charge >= 0.3 is 0 Å². The molecule has 1 aromatic heterocycles. The first-order valence-electron chi connectivity index (χ1n) is 6.88. The lowest BCUT2D eigenvalue weighted by atomic mass is 10.3. The molecule has 0 radical (unpaired) electrons. The van der Waals surface area contributed by atoms with Crippen LogP contribution in [0.5, 0.6) is 5.75 Å². The van der Waals surface area contributed by atoms with Gasteiger partial charge in [-0.15, -0.1) is 0 Å². The second-order valence-corrected chi connectivity index (χ2v) is 6.12. The summed E-state index contributed by atoms with van der Waals surface area (Å²) >= 11 is 1.61. The fourth-order valence-corrected chi connectivity index (χ4v) is 2.99. The smallest absolute Gasteiger partial charge is 0.147 e. The number of benzene rings is 1. The summed E-state index contributed by atoms with van der Waals surface area (Å²) in [5.41, 5.74) is 3.65. The fourth-order valence-electron chi connectivity index (χ4n) is 2.05. The lowest BCUT2D eigenvalue weighted by molar-refractivity contribution is 0.413. The number of methoxy groups -OCH3 is 1. The minimum absolute atomic E-state index is 0.488. The van der Waals surface area contributed by atoms with Crippen molar-refractivity contribution in [1.82, 2.24) is 9.97 Å². The SMILES string of the molecule is COc1cccc(Sc2nc(C3CC3)nc(NN)c2C)c1. The molecular weight excluding hydrogens is 284 g/mol. The Balaban J connectivity index is 1.94. The van der Waals surface area contributed by atoms with Crippen molar-refractivity contribution in [3.05, 3.63) is 35.7 Å². The summed E-state index contributed by atoms with van der Waals surface area (Å²) in [7, 11) is 1.67. The molecule has 0 aliphatic heterocycles. The Bertz CT molecular complexity index is 658. The van der Waals surface area contributed by atoms with Gasteiger partial charge in [-0.1, -0.05) is 17.8 Å². The van der Waals surface area contributed by atoms with Gasteiger partial charge in [0.1, 0.15) is 22.4 Å². The van der Waals surface area contributed by atoms with Gasteiger partial charge in [-0.25, -0.2) is 15.8 Å². The first-order valence-corrected chi connectivity index (χ1v) is 7.70. The number of anilines is 1. The molecule has 3 rings (SSSR count). The van der Waals surface area contributed by atoms with Crippen LogP contribution in [0.25, 0.3) is 0 Å². The number of nitrogens with one attached hydrogen (secondary N) is 1. The van der Waals surface area contributed by atoms with Gasteiger partial charge in [-0.3, -0.25) is 0 Å². The van der Waals surface area contributed by atoms with Gasteiger partial charge < -0.3 is 10.2 Å². The summed E-state index contributed by atoms with van der Waals surface area (Å²) in [6, 6.07) is 7.95. The van der Waals surface area contributed by atoms with Gasteiger partial charge in [0.05, 0.1) is 7.11 Å². The van der Waals surface area contributed by atoms with Crippen LogP contribution in [0.15, 0.2) is 34.2 Å². The van der Waals surface area contributed by atoms with Crippen LogP contribution in [-0.4, -0.2) is 17.1 Å². The fraction of sp³-hybridized carbons (Fsp3) is 0.333. The van der Waals surface area contributed by atoms with Crippen molar-refractivity contribution in [2.75, 3.05) is 12.5 Å². The van der Waals surface area contributed by atoms with Crippen molar-refractivity contribution in [2.24, 2.45) is 5.84 Å². The molecule has 0 amide bonds. The molecule has 1 saturated carbocycles. The Morgan fingerprint density at radius 1 is 1.33 bits per heavy atom. The standard InChI is InChI=1S/C15H18N4OS/c1-9-13(19-16)17-14(10-6-7-10)18-15(9)21-12-5-3-4-11(8-12)20-2/h3-5,8,10H,6-7,16H2,1-2H3,(H,17,18,19). The minimum Gasteiger partial charge on any atom is -0.497 e. The molecule has 0 unspecified atom stereocenters. The van der Waals surface area contributed by atoms with Crippen LogP contribution in [0.4, 0.5) is 5.82 Å². The molecule has 2 aromatic rings. The van der Waals surface area contributed by atoms with Crippen LogP contribution in [-0.2, 0) is 0 Å². The van der Waals surface area contributed by atoms with Crippen molar-refractivity contribution >= 4 is 17.6 Å². The molecule has 0 spiro atoms. The van der Waals surface area contributed by atoms with Crippen molar-refractivity contribution in [1.29, 1.82) is 0 Å². The van der Waals surface area contributed by atoms with Crippen molar-refractivity contribution < 1.29 is 4.74 Å². The predicted octanol–water partition coefficient (Wildman–Crippen LogP) is 3.11. The van der Waals surface area contributed by atoms with E-state index in [0.29, 0.717) is 11.7 Å². The number of hydrogen-bond acceptors (Lipinski definition) is 6. The van der Waals surface area contributed by atoms with E-state index in [1.54, 1.807) is 18.9 Å². The highest BCUT2D eigenvalue weighted by atomic mass is 32.2. The summed E-state index contributed by atoms with van der Waals surface area (Å²) < 4.78 is 5.26. The monoisotopic (exact) mass is 302 g/mol. The summed E-state index contributed by atoms with van der Waals surface area (Å²) in [4.78, 5) is 10.3. The molecule has 1 aromatic carbocycles. The zero-order valence-electron chi connectivity index (χ0n) is 12.1. The number of ether oxygens (including phenoxy) is 1. The average Bonchev–Trinajstić information content (AvgIpc) is 3.34. The zero-order valence-corrected chi connectivity index (χ0v) is 12.9. The molecule has 0 saturated heterocycles. The molecule has 3 N–H and O–H groups in total. The van der Waals surface area contributed by atoms with Crippen LogP contribution >= 0.6 is 11.8 Å². The Hall–Kier alpha value is -1.79. The molecule has 1 heterocycles. The first kappa shape index (κ1) is 14.2. The maximum absolute atomic E-state index is 5.58. The van der Waals surface area contributed by atoms with Gasteiger partial charge in [0.15, 0.2) is 0 Å². The van der Waals surface area contributed by atoms with Crippen molar-refractivity contribution in [3.63, 3.8) is 0 Å². The molecule has 21 heavy (non-hydrogen) atoms. The highest BCUT2D eigenvalue weighted by Gasteiger charge is 2.28. The highest BCUT2D eigenvalue weighted by molar-refractivity contribution is 7.99. The maximum atomic E-state index is 5.58. The molecule has 110 valence electrons. The summed E-state index contributed by atoms with van der Waals surface area (Å²) in [6.45, 7) is 1.98. The van der Waals surface area contributed by atoms with Crippen molar-refractivity contribution in [3.8, 4) is 5.75 Å². The lowest BCUT2D eigenvalue weighted by Gasteiger charge is -2.11. The number of nitrogen functional groups attached to an aromatic ring is 1. The normalized spacial score (nSPS) is 14.0. The molecule has 0 bridgehead atoms. The third-order valence-corrected chi connectivity index (χ3v) is 4.53. The van der Waals surface area contributed by atoms with Gasteiger partial charge in [-0.05, 0) is 38.0 Å². The van der Waals surface area contributed by atoms with E-state index in [4.69, 9.17) is 15.6 Å². The van der Waals surface area contributed by atoms with E-state index in [9.17, 15) is 0 Å². The Morgan fingerprint density at radius 3 is 2.81 bits per heavy atom. The van der Waals surface area contributed by atoms with E-state index in [2.05, 4.69) is 10.4 Å². The largest absolute Gasteiger partial charge is 0.497 e. The Kier molecular flexibility index (Phi) is 3.98. The number of aromatic nitrogens is 2. The molecule has 6 heteroatoms. The molecule has 0 atom stereocenters. The van der Waals surface area contributed by atoms with Gasteiger partial charge in [0.25, 0.3) is 0 Å². The molecule has 1 fully saturated rings. The summed E-state index contributed by atoms with van der Waals surface area (Å²) in [6.07, 6.45) is 2.33. The lowest BCUT2D eigenvalue weighted by Crippen LogP contribution is -2.13. The van der Waals surface area contributed by atoms with Crippen LogP contribution in [0, 0.1) is 6.92 Å². The number of nitrogens with zero attached hydrogens (tertiary/aromatic N) is 2. The second-order valence-electron chi connectivity index (χ2n) is 5.06. The van der Waals surface area contributed by atoms with E-state index in [0.717, 1.165) is 39.9 Å². The number of rotatable bonds is 5. The zero-order chi connectivity index (χ0) is 14.8. The molecule has 5 nitrogen and oxygen atoms in total. The van der Waals surface area contributed by atoms with Crippen LogP contribution in [0.1, 0.15) is 30.1 Å². The van der Waals surface area contributed by atoms with E-state index in [1.165, 1.54) is 0 Å². The maximum Gasteiger partial charge on any atom is 0.147 e. The molecule has 1 aliphatic rings. The minimum atomic E-state index is 0.488. The van der Waals surface area contributed by atoms with Crippen LogP contribution in [0.2, 0.25) is 0 Å². The molecule has 1 aliphatic carbocycles. The average molecular weight is 302 g/mol. The summed E-state index contributed by atoms with van der Waals surface area (Å²) in [5, 5.41) is 0.938. The van der Waals surface area contributed by atoms with Gasteiger partial charge in [-0.2, -0.15) is 0 Å². The topological polar surface area (TPSA) is 73.1 Å². The van der Waals surface area contributed by atoms with Gasteiger partial charge in [0, 0.05) is 16.4 Å². The van der Waals surface area contributed by atoms with E-state index in [-0.39, 0.29) is 0 Å². The third kappa shape index (κ3) is 3.11. The second kappa shape index (κ2) is 5.91. The van der Waals surface area contributed by atoms with Gasteiger partial charge in [0.2, 0.25) is 0 Å². The summed E-state index contributed by atoms with van der Waals surface area (Å²) in [5.74, 6) is 8.50. The third-order valence-electron chi connectivity index (χ3n) is 3.45. The quantitative estimate of drug-likeness (QED) is 0.502. The van der Waals surface area contributed by atoms with E-state index in [1.807, 2.05) is 31.2 Å². The Morgan fingerprint density at radius 2 is 2.14 bits per heavy atom. The first-order chi connectivity index (χ1) is 10.2. The van der Waals surface area contributed by atoms with Crippen LogP contribution in [0.3, 0.4) is 0 Å². The Labute approximate surface area is 128 Å². The van der Waals surface area contributed by atoms with E-state index < -0.39 is 0 Å².